The molecule has 1 aromatic carbocycles. The highest BCUT2D eigenvalue weighted by atomic mass is 32.1. The van der Waals surface area contributed by atoms with Crippen LogP contribution in [0.5, 0.6) is 5.75 Å². The lowest BCUT2D eigenvalue weighted by atomic mass is 9.89. The van der Waals surface area contributed by atoms with Crippen molar-refractivity contribution in [2.75, 3.05) is 7.11 Å². The third-order valence-corrected chi connectivity index (χ3v) is 4.59. The summed E-state index contributed by atoms with van der Waals surface area (Å²) in [5, 5.41) is 11.7. The maximum Gasteiger partial charge on any atom is 0.216 e. The average Bonchev–Trinajstić information content (AvgIpc) is 3.00. The summed E-state index contributed by atoms with van der Waals surface area (Å²) in [4.78, 5) is 0. The number of para-hydroxylation sites is 1. The summed E-state index contributed by atoms with van der Waals surface area (Å²) >= 11 is 5.31. The van der Waals surface area contributed by atoms with Gasteiger partial charge in [0.25, 0.3) is 0 Å². The van der Waals surface area contributed by atoms with Gasteiger partial charge in [-0.25, -0.2) is 0 Å². The summed E-state index contributed by atoms with van der Waals surface area (Å²) in [6.07, 6.45) is 11.7. The predicted molar refractivity (Wildman–Crippen MR) is 99.2 cm³/mol. The first kappa shape index (κ1) is 16.6. The van der Waals surface area contributed by atoms with Crippen molar-refractivity contribution in [1.82, 2.24) is 14.9 Å². The number of nitrogens with one attached hydrogen (secondary N) is 1. The van der Waals surface area contributed by atoms with Gasteiger partial charge in [0.1, 0.15) is 5.75 Å². The number of allylic oxidation sites excluding steroid dienone is 1. The number of nitrogens with zero attached hydrogens (tertiary/aromatic N) is 3. The lowest BCUT2D eigenvalue weighted by molar-refractivity contribution is 0.414. The zero-order valence-corrected chi connectivity index (χ0v) is 14.6. The third-order valence-electron chi connectivity index (χ3n) is 4.33. The van der Waals surface area contributed by atoms with Crippen molar-refractivity contribution in [3.8, 4) is 5.75 Å². The number of aromatic amines is 1. The van der Waals surface area contributed by atoms with E-state index in [-0.39, 0.29) is 0 Å². The second-order valence-corrected chi connectivity index (χ2v) is 6.29. The number of benzene rings is 1. The standard InChI is InChI=1S/C18H22N4OS/c1-23-16-12-6-5-8-14(16)11-7-13-19-22-17(20-21-18(22)24)15-9-3-2-4-10-15/h5-8,11-13,15H,2-4,9-10H2,1H3,(H,21,24)/b11-7-,19-13?. The topological polar surface area (TPSA) is 55.2 Å². The van der Waals surface area contributed by atoms with Crippen LogP contribution in [0.25, 0.3) is 6.08 Å². The fraction of sp³-hybridized carbons (Fsp3) is 0.389. The largest absolute Gasteiger partial charge is 0.496 e. The van der Waals surface area contributed by atoms with E-state index in [4.69, 9.17) is 17.0 Å². The number of aromatic nitrogens is 3. The Kier molecular flexibility index (Phi) is 5.59. The van der Waals surface area contributed by atoms with Crippen LogP contribution in [0.15, 0.2) is 35.4 Å². The van der Waals surface area contributed by atoms with Crippen LogP contribution in [0.4, 0.5) is 0 Å². The summed E-state index contributed by atoms with van der Waals surface area (Å²) in [6.45, 7) is 0. The number of H-pyrrole nitrogens is 1. The Bertz CT molecular complexity index is 784. The van der Waals surface area contributed by atoms with Gasteiger partial charge in [-0.05, 0) is 43.3 Å². The maximum atomic E-state index is 5.33. The van der Waals surface area contributed by atoms with Gasteiger partial charge >= 0.3 is 0 Å². The predicted octanol–water partition coefficient (Wildman–Crippen LogP) is 4.54. The molecule has 1 aromatic heterocycles. The highest BCUT2D eigenvalue weighted by Crippen LogP contribution is 2.31. The Hall–Kier alpha value is -2.21. The van der Waals surface area contributed by atoms with Crippen molar-refractivity contribution in [2.24, 2.45) is 5.10 Å². The summed E-state index contributed by atoms with van der Waals surface area (Å²) < 4.78 is 7.62. The molecular weight excluding hydrogens is 320 g/mol. The van der Waals surface area contributed by atoms with E-state index in [2.05, 4.69) is 15.3 Å². The molecule has 5 nitrogen and oxygen atoms in total. The molecule has 1 saturated carbocycles. The fourth-order valence-corrected chi connectivity index (χ4v) is 3.28. The molecule has 6 heteroatoms. The first-order valence-electron chi connectivity index (χ1n) is 8.31. The van der Waals surface area contributed by atoms with E-state index in [0.29, 0.717) is 10.7 Å². The first-order chi connectivity index (χ1) is 11.8. The van der Waals surface area contributed by atoms with Gasteiger partial charge in [0.05, 0.1) is 7.11 Å². The Balaban J connectivity index is 1.76. The molecule has 1 aliphatic rings. The number of hydrogen-bond donors (Lipinski definition) is 1. The van der Waals surface area contributed by atoms with Gasteiger partial charge in [-0.2, -0.15) is 14.9 Å². The Morgan fingerprint density at radius 1 is 1.29 bits per heavy atom. The van der Waals surface area contributed by atoms with Crippen LogP contribution in [0.1, 0.15) is 49.4 Å². The molecule has 2 aromatic rings. The van der Waals surface area contributed by atoms with Crippen molar-refractivity contribution >= 4 is 24.5 Å². The quantitative estimate of drug-likeness (QED) is 0.641. The van der Waals surface area contributed by atoms with Crippen LogP contribution < -0.4 is 4.74 Å². The summed E-state index contributed by atoms with van der Waals surface area (Å²) in [7, 11) is 1.67. The molecule has 0 unspecified atom stereocenters. The molecule has 1 fully saturated rings. The molecule has 126 valence electrons. The fourth-order valence-electron chi connectivity index (χ4n) is 3.10. The molecule has 1 aliphatic carbocycles. The number of methoxy groups -OCH3 is 1. The summed E-state index contributed by atoms with van der Waals surface area (Å²) in [6, 6.07) is 7.86. The number of ether oxygens (including phenoxy) is 1. The Morgan fingerprint density at radius 3 is 2.88 bits per heavy atom. The molecule has 0 atom stereocenters. The van der Waals surface area contributed by atoms with E-state index in [1.165, 1.54) is 19.3 Å². The van der Waals surface area contributed by atoms with Gasteiger partial charge in [0.15, 0.2) is 5.82 Å². The van der Waals surface area contributed by atoms with Crippen LogP contribution >= 0.6 is 12.2 Å². The normalized spacial score (nSPS) is 16.2. The minimum Gasteiger partial charge on any atom is -0.496 e. The van der Waals surface area contributed by atoms with E-state index in [0.717, 1.165) is 30.0 Å². The lowest BCUT2D eigenvalue weighted by Crippen LogP contribution is -2.10. The molecule has 0 spiro atoms. The zero-order valence-electron chi connectivity index (χ0n) is 13.8. The van der Waals surface area contributed by atoms with Crippen molar-refractivity contribution in [1.29, 1.82) is 0 Å². The second-order valence-electron chi connectivity index (χ2n) is 5.90. The minimum absolute atomic E-state index is 0.446. The van der Waals surface area contributed by atoms with E-state index in [9.17, 15) is 0 Å². The molecule has 1 heterocycles. The molecule has 3 rings (SSSR count). The van der Waals surface area contributed by atoms with E-state index < -0.39 is 0 Å². The summed E-state index contributed by atoms with van der Waals surface area (Å²) in [5.74, 6) is 2.23. The molecule has 0 amide bonds. The van der Waals surface area contributed by atoms with Crippen LogP contribution in [-0.2, 0) is 0 Å². The van der Waals surface area contributed by atoms with Crippen molar-refractivity contribution in [3.05, 3.63) is 46.5 Å². The minimum atomic E-state index is 0.446. The van der Waals surface area contributed by atoms with E-state index in [1.807, 2.05) is 36.4 Å². The monoisotopic (exact) mass is 342 g/mol. The highest BCUT2D eigenvalue weighted by molar-refractivity contribution is 7.71. The molecule has 1 N–H and O–H groups in total. The van der Waals surface area contributed by atoms with Gasteiger partial charge < -0.3 is 4.74 Å². The molecule has 0 aliphatic heterocycles. The molecule has 24 heavy (non-hydrogen) atoms. The van der Waals surface area contributed by atoms with Crippen LogP contribution in [-0.4, -0.2) is 28.2 Å². The van der Waals surface area contributed by atoms with E-state index >= 15 is 0 Å². The van der Waals surface area contributed by atoms with Gasteiger partial charge in [-0.1, -0.05) is 37.5 Å². The van der Waals surface area contributed by atoms with E-state index in [1.54, 1.807) is 18.0 Å². The van der Waals surface area contributed by atoms with Gasteiger partial charge in [0.2, 0.25) is 4.77 Å². The Morgan fingerprint density at radius 2 is 2.08 bits per heavy atom. The first-order valence-corrected chi connectivity index (χ1v) is 8.72. The van der Waals surface area contributed by atoms with Gasteiger partial charge in [0, 0.05) is 17.7 Å². The maximum absolute atomic E-state index is 5.33. The Labute approximate surface area is 147 Å². The van der Waals surface area contributed by atoms with Crippen LogP contribution in [0.3, 0.4) is 0 Å². The van der Waals surface area contributed by atoms with Crippen LogP contribution in [0.2, 0.25) is 0 Å². The molecular formula is C18H22N4OS. The van der Waals surface area contributed by atoms with Crippen molar-refractivity contribution < 1.29 is 4.74 Å². The number of rotatable bonds is 5. The number of hydrogen-bond acceptors (Lipinski definition) is 4. The van der Waals surface area contributed by atoms with Crippen LogP contribution in [0, 0.1) is 4.77 Å². The van der Waals surface area contributed by atoms with Gasteiger partial charge in [-0.15, -0.1) is 0 Å². The average molecular weight is 342 g/mol. The SMILES string of the molecule is COc1ccccc1/C=C\C=Nn1c(C2CCCCC2)n[nH]c1=S. The van der Waals surface area contributed by atoms with Crippen molar-refractivity contribution in [3.63, 3.8) is 0 Å². The third kappa shape index (κ3) is 3.82. The highest BCUT2D eigenvalue weighted by Gasteiger charge is 2.21. The van der Waals surface area contributed by atoms with Crippen molar-refractivity contribution in [2.45, 2.75) is 38.0 Å². The second kappa shape index (κ2) is 8.06. The lowest BCUT2D eigenvalue weighted by Gasteiger charge is -2.19. The molecule has 0 radical (unpaired) electrons. The van der Waals surface area contributed by atoms with Gasteiger partial charge in [-0.3, -0.25) is 5.10 Å². The summed E-state index contributed by atoms with van der Waals surface area (Å²) in [5.41, 5.74) is 1.01. The smallest absolute Gasteiger partial charge is 0.216 e. The molecule has 0 saturated heterocycles. The zero-order chi connectivity index (χ0) is 16.8. The molecule has 0 bridgehead atoms.